The molecule has 0 bridgehead atoms. The number of carbonyl (C=O) groups excluding carboxylic acids is 1. The van der Waals surface area contributed by atoms with Crippen molar-refractivity contribution in [2.45, 2.75) is 52.0 Å². The highest BCUT2D eigenvalue weighted by Crippen LogP contribution is 2.29. The minimum atomic E-state index is 0.0874. The van der Waals surface area contributed by atoms with Gasteiger partial charge in [-0.2, -0.15) is 0 Å². The predicted molar refractivity (Wildman–Crippen MR) is 97.5 cm³/mol. The number of rotatable bonds is 7. The number of benzene rings is 1. The van der Waals surface area contributed by atoms with Crippen LogP contribution in [0.2, 0.25) is 0 Å². The van der Waals surface area contributed by atoms with Crippen LogP contribution in [0.3, 0.4) is 0 Å². The quantitative estimate of drug-likeness (QED) is 0.553. The van der Waals surface area contributed by atoms with Crippen LogP contribution in [0.4, 0.5) is 0 Å². The number of piperidine rings is 1. The largest absolute Gasteiger partial charge is 0.493 e. The number of nitrogens with zero attached hydrogens (tertiary/aromatic N) is 1. The Kier molecular flexibility index (Phi) is 7.16. The Balaban J connectivity index is 2.02. The van der Waals surface area contributed by atoms with E-state index < -0.39 is 0 Å². The van der Waals surface area contributed by atoms with E-state index in [4.69, 9.17) is 9.47 Å². The summed E-state index contributed by atoms with van der Waals surface area (Å²) >= 11 is 0. The maximum absolute atomic E-state index is 12.4. The van der Waals surface area contributed by atoms with Crippen molar-refractivity contribution in [2.75, 3.05) is 20.3 Å². The molecule has 0 spiro atoms. The Morgan fingerprint density at radius 1 is 1.33 bits per heavy atom. The molecule has 1 saturated heterocycles. The van der Waals surface area contributed by atoms with Gasteiger partial charge in [0, 0.05) is 18.7 Å². The minimum Gasteiger partial charge on any atom is -0.493 e. The minimum absolute atomic E-state index is 0.0874. The second kappa shape index (κ2) is 9.36. The second-order valence-electron chi connectivity index (χ2n) is 6.32. The summed E-state index contributed by atoms with van der Waals surface area (Å²) in [7, 11) is 1.63. The van der Waals surface area contributed by atoms with E-state index in [1.807, 2.05) is 29.2 Å². The summed E-state index contributed by atoms with van der Waals surface area (Å²) in [6.45, 7) is 5.80. The Morgan fingerprint density at radius 2 is 2.17 bits per heavy atom. The van der Waals surface area contributed by atoms with Gasteiger partial charge in [0.2, 0.25) is 5.91 Å². The molecule has 1 heterocycles. The van der Waals surface area contributed by atoms with E-state index >= 15 is 0 Å². The molecular weight excluding hydrogens is 302 g/mol. The summed E-state index contributed by atoms with van der Waals surface area (Å²) in [5.41, 5.74) is 0.938. The third-order valence-electron chi connectivity index (χ3n) is 4.45. The first-order chi connectivity index (χ1) is 11.7. The van der Waals surface area contributed by atoms with Crippen LogP contribution in [0, 0.1) is 0 Å². The number of hydrogen-bond donors (Lipinski definition) is 0. The Morgan fingerprint density at radius 3 is 2.88 bits per heavy atom. The van der Waals surface area contributed by atoms with Gasteiger partial charge in [-0.1, -0.05) is 19.4 Å². The van der Waals surface area contributed by atoms with Gasteiger partial charge >= 0.3 is 0 Å². The van der Waals surface area contributed by atoms with Crippen molar-refractivity contribution in [3.63, 3.8) is 0 Å². The van der Waals surface area contributed by atoms with Gasteiger partial charge in [-0.15, -0.1) is 0 Å². The number of methoxy groups -OCH3 is 1. The summed E-state index contributed by atoms with van der Waals surface area (Å²) in [6.07, 6.45) is 9.04. The second-order valence-corrected chi connectivity index (χ2v) is 6.32. The van der Waals surface area contributed by atoms with E-state index in [0.717, 1.165) is 43.5 Å². The number of ether oxygens (including phenoxy) is 2. The lowest BCUT2D eigenvalue weighted by atomic mass is 10.0. The van der Waals surface area contributed by atoms with Crippen molar-refractivity contribution in [1.29, 1.82) is 0 Å². The van der Waals surface area contributed by atoms with Gasteiger partial charge < -0.3 is 14.4 Å². The molecule has 1 aromatic rings. The highest BCUT2D eigenvalue weighted by molar-refractivity contribution is 5.92. The van der Waals surface area contributed by atoms with Crippen molar-refractivity contribution < 1.29 is 14.3 Å². The van der Waals surface area contributed by atoms with Gasteiger partial charge in [0.1, 0.15) is 0 Å². The summed E-state index contributed by atoms with van der Waals surface area (Å²) in [4.78, 5) is 14.3. The molecule has 0 saturated carbocycles. The third kappa shape index (κ3) is 5.02. The standard InChI is InChI=1S/C20H29NO3/c1-4-5-14-24-18-11-9-17(15-19(18)23-3)10-12-20(22)21-13-7-6-8-16(21)2/h9-12,15-16H,4-8,13-14H2,1-3H3/b12-10+. The molecule has 0 radical (unpaired) electrons. The van der Waals surface area contributed by atoms with E-state index in [1.165, 1.54) is 6.42 Å². The van der Waals surface area contributed by atoms with Gasteiger partial charge in [0.15, 0.2) is 11.5 Å². The van der Waals surface area contributed by atoms with Gasteiger partial charge in [-0.25, -0.2) is 0 Å². The van der Waals surface area contributed by atoms with Crippen molar-refractivity contribution in [3.05, 3.63) is 29.8 Å². The maximum Gasteiger partial charge on any atom is 0.246 e. The summed E-state index contributed by atoms with van der Waals surface area (Å²) in [6, 6.07) is 6.10. The lowest BCUT2D eigenvalue weighted by Gasteiger charge is -2.32. The number of amides is 1. The van der Waals surface area contributed by atoms with Crippen LogP contribution in [-0.4, -0.2) is 37.1 Å². The van der Waals surface area contributed by atoms with Gasteiger partial charge in [0.05, 0.1) is 13.7 Å². The topological polar surface area (TPSA) is 38.8 Å². The van der Waals surface area contributed by atoms with Gasteiger partial charge in [-0.3, -0.25) is 4.79 Å². The average Bonchev–Trinajstić information content (AvgIpc) is 2.61. The molecule has 1 fully saturated rings. The third-order valence-corrected chi connectivity index (χ3v) is 4.45. The van der Waals surface area contributed by atoms with E-state index in [1.54, 1.807) is 13.2 Å². The number of carbonyl (C=O) groups is 1. The van der Waals surface area contributed by atoms with Crippen LogP contribution < -0.4 is 9.47 Å². The summed E-state index contributed by atoms with van der Waals surface area (Å²) < 4.78 is 11.1. The van der Waals surface area contributed by atoms with Gasteiger partial charge in [0.25, 0.3) is 0 Å². The molecule has 132 valence electrons. The molecule has 0 N–H and O–H groups in total. The molecule has 1 aliphatic rings. The number of likely N-dealkylation sites (tertiary alicyclic amines) is 1. The molecule has 24 heavy (non-hydrogen) atoms. The Bertz CT molecular complexity index is 568. The molecule has 1 unspecified atom stereocenters. The number of unbranched alkanes of at least 4 members (excludes halogenated alkanes) is 1. The summed E-state index contributed by atoms with van der Waals surface area (Å²) in [5.74, 6) is 1.54. The van der Waals surface area contributed by atoms with Crippen LogP contribution in [0.15, 0.2) is 24.3 Å². The molecular formula is C20H29NO3. The lowest BCUT2D eigenvalue weighted by molar-refractivity contribution is -0.129. The smallest absolute Gasteiger partial charge is 0.246 e. The van der Waals surface area contributed by atoms with Crippen LogP contribution in [0.1, 0.15) is 51.5 Å². The SMILES string of the molecule is CCCCOc1ccc(/C=C/C(=O)N2CCCCC2C)cc1OC. The van der Waals surface area contributed by atoms with E-state index in [-0.39, 0.29) is 5.91 Å². The van der Waals surface area contributed by atoms with Crippen LogP contribution >= 0.6 is 0 Å². The maximum atomic E-state index is 12.4. The zero-order valence-corrected chi connectivity index (χ0v) is 15.1. The van der Waals surface area contributed by atoms with Crippen molar-refractivity contribution in [1.82, 2.24) is 4.90 Å². The summed E-state index contributed by atoms with van der Waals surface area (Å²) in [5, 5.41) is 0. The zero-order valence-electron chi connectivity index (χ0n) is 15.1. The highest BCUT2D eigenvalue weighted by atomic mass is 16.5. The molecule has 2 rings (SSSR count). The van der Waals surface area contributed by atoms with Crippen molar-refractivity contribution in [3.8, 4) is 11.5 Å². The van der Waals surface area contributed by atoms with E-state index in [2.05, 4.69) is 13.8 Å². The monoisotopic (exact) mass is 331 g/mol. The van der Waals surface area contributed by atoms with Crippen LogP contribution in [-0.2, 0) is 4.79 Å². The fourth-order valence-corrected chi connectivity index (χ4v) is 2.92. The van der Waals surface area contributed by atoms with Crippen LogP contribution in [0.5, 0.6) is 11.5 Å². The van der Waals surface area contributed by atoms with E-state index in [9.17, 15) is 4.79 Å². The molecule has 1 aromatic carbocycles. The van der Waals surface area contributed by atoms with Crippen LogP contribution in [0.25, 0.3) is 6.08 Å². The first kappa shape index (κ1) is 18.4. The average molecular weight is 331 g/mol. The fourth-order valence-electron chi connectivity index (χ4n) is 2.92. The highest BCUT2D eigenvalue weighted by Gasteiger charge is 2.21. The Labute approximate surface area is 145 Å². The Hall–Kier alpha value is -1.97. The van der Waals surface area contributed by atoms with Gasteiger partial charge in [-0.05, 0) is 56.4 Å². The molecule has 0 aromatic heterocycles. The molecule has 4 nitrogen and oxygen atoms in total. The zero-order chi connectivity index (χ0) is 17.4. The molecule has 1 atom stereocenters. The number of hydrogen-bond acceptors (Lipinski definition) is 3. The fraction of sp³-hybridized carbons (Fsp3) is 0.550. The van der Waals surface area contributed by atoms with Crippen molar-refractivity contribution >= 4 is 12.0 Å². The normalized spacial score (nSPS) is 18.0. The first-order valence-electron chi connectivity index (χ1n) is 8.95. The lowest BCUT2D eigenvalue weighted by Crippen LogP contribution is -2.41. The van der Waals surface area contributed by atoms with E-state index in [0.29, 0.717) is 18.4 Å². The molecule has 1 aliphatic heterocycles. The molecule has 1 amide bonds. The molecule has 4 heteroatoms. The van der Waals surface area contributed by atoms with Crippen molar-refractivity contribution in [2.24, 2.45) is 0 Å². The predicted octanol–water partition coefficient (Wildman–Crippen LogP) is 4.29. The molecule has 0 aliphatic carbocycles. The first-order valence-corrected chi connectivity index (χ1v) is 8.95.